The molecule has 0 radical (unpaired) electrons. The maximum absolute atomic E-state index is 12.1. The second-order valence-corrected chi connectivity index (χ2v) is 8.02. The van der Waals surface area contributed by atoms with Crippen molar-refractivity contribution in [2.75, 3.05) is 40.0 Å². The summed E-state index contributed by atoms with van der Waals surface area (Å²) in [7, 11) is 1.70. The molecule has 1 aromatic carbocycles. The van der Waals surface area contributed by atoms with Gasteiger partial charge in [-0.15, -0.1) is 0 Å². The summed E-state index contributed by atoms with van der Waals surface area (Å²) in [5.41, 5.74) is 1.35. The van der Waals surface area contributed by atoms with E-state index in [9.17, 15) is 4.79 Å². The van der Waals surface area contributed by atoms with Gasteiger partial charge >= 0.3 is 0 Å². The van der Waals surface area contributed by atoms with Crippen LogP contribution in [0.5, 0.6) is 5.75 Å². The molecule has 2 saturated heterocycles. The lowest BCUT2D eigenvalue weighted by Gasteiger charge is -2.27. The van der Waals surface area contributed by atoms with Crippen LogP contribution >= 0.6 is 0 Å². The number of likely N-dealkylation sites (tertiary alicyclic amines) is 1. The molecule has 0 spiro atoms. The van der Waals surface area contributed by atoms with Crippen LogP contribution in [-0.4, -0.2) is 50.8 Å². The van der Waals surface area contributed by atoms with Crippen LogP contribution in [-0.2, 0) is 16.1 Å². The van der Waals surface area contributed by atoms with E-state index in [4.69, 9.17) is 9.47 Å². The molecule has 2 atom stereocenters. The van der Waals surface area contributed by atoms with Crippen molar-refractivity contribution < 1.29 is 14.3 Å². The molecule has 1 saturated carbocycles. The van der Waals surface area contributed by atoms with E-state index in [1.807, 2.05) is 12.1 Å². The van der Waals surface area contributed by atoms with Gasteiger partial charge in [-0.1, -0.05) is 12.1 Å². The number of ether oxygens (including phenoxy) is 2. The molecular weight excluding hydrogens is 316 g/mol. The summed E-state index contributed by atoms with van der Waals surface area (Å²) in [5, 5.41) is 3.20. The number of carbonyl (C=O) groups is 1. The number of benzene rings is 1. The molecule has 3 fully saturated rings. The lowest BCUT2D eigenvalue weighted by molar-refractivity contribution is -0.122. The second kappa shape index (κ2) is 6.96. The SMILES string of the molecule is COc1cccc(CN2C[C@@H]3COC[C@]3(CNC(=O)CC3CC3)C2)c1. The van der Waals surface area contributed by atoms with Crippen molar-refractivity contribution in [3.63, 3.8) is 0 Å². The summed E-state index contributed by atoms with van der Waals surface area (Å²) in [6, 6.07) is 8.28. The topological polar surface area (TPSA) is 50.8 Å². The molecule has 3 aliphatic rings. The maximum atomic E-state index is 12.1. The molecule has 2 heterocycles. The van der Waals surface area contributed by atoms with Gasteiger partial charge in [0, 0.05) is 43.9 Å². The molecule has 1 N–H and O–H groups in total. The minimum absolute atomic E-state index is 0.0814. The highest BCUT2D eigenvalue weighted by atomic mass is 16.5. The van der Waals surface area contributed by atoms with Gasteiger partial charge in [0.05, 0.1) is 20.3 Å². The fraction of sp³-hybridized carbons (Fsp3) is 0.650. The van der Waals surface area contributed by atoms with Crippen molar-refractivity contribution in [3.8, 4) is 5.75 Å². The van der Waals surface area contributed by atoms with E-state index in [-0.39, 0.29) is 11.3 Å². The number of amides is 1. The standard InChI is InChI=1S/C20H28N2O3/c1-24-18-4-2-3-16(7-18)9-22-10-17-11-25-14-20(17,13-22)12-21-19(23)8-15-5-6-15/h2-4,7,15,17H,5-6,8-14H2,1H3,(H,21,23)/t17-,20+/m1/s1. The normalized spacial score (nSPS) is 28.8. The lowest BCUT2D eigenvalue weighted by Crippen LogP contribution is -2.43. The van der Waals surface area contributed by atoms with Gasteiger partial charge in [0.2, 0.25) is 5.91 Å². The van der Waals surface area contributed by atoms with Gasteiger partial charge in [-0.25, -0.2) is 0 Å². The summed E-state index contributed by atoms with van der Waals surface area (Å²) >= 11 is 0. The van der Waals surface area contributed by atoms with Gasteiger partial charge in [0.25, 0.3) is 0 Å². The quantitative estimate of drug-likeness (QED) is 0.823. The van der Waals surface area contributed by atoms with Crippen molar-refractivity contribution >= 4 is 5.91 Å². The van der Waals surface area contributed by atoms with Crippen molar-refractivity contribution in [3.05, 3.63) is 29.8 Å². The zero-order valence-electron chi connectivity index (χ0n) is 15.0. The zero-order valence-corrected chi connectivity index (χ0v) is 15.0. The molecule has 5 nitrogen and oxygen atoms in total. The first-order chi connectivity index (χ1) is 12.2. The predicted molar refractivity (Wildman–Crippen MR) is 95.4 cm³/mol. The van der Waals surface area contributed by atoms with Crippen molar-refractivity contribution in [1.29, 1.82) is 0 Å². The summed E-state index contributed by atoms with van der Waals surface area (Å²) in [5.74, 6) is 2.27. The first kappa shape index (κ1) is 16.9. The highest BCUT2D eigenvalue weighted by Crippen LogP contribution is 2.41. The zero-order chi connectivity index (χ0) is 17.3. The fourth-order valence-corrected chi connectivity index (χ4v) is 4.27. The molecule has 1 aromatic rings. The Morgan fingerprint density at radius 2 is 2.32 bits per heavy atom. The molecule has 2 aliphatic heterocycles. The van der Waals surface area contributed by atoms with Gasteiger partial charge in [-0.05, 0) is 36.5 Å². The minimum Gasteiger partial charge on any atom is -0.497 e. The molecule has 25 heavy (non-hydrogen) atoms. The molecule has 1 amide bonds. The van der Waals surface area contributed by atoms with E-state index >= 15 is 0 Å². The Balaban J connectivity index is 1.36. The number of hydrogen-bond donors (Lipinski definition) is 1. The Hall–Kier alpha value is -1.59. The monoisotopic (exact) mass is 344 g/mol. The average molecular weight is 344 g/mol. The molecule has 4 rings (SSSR count). The smallest absolute Gasteiger partial charge is 0.220 e. The van der Waals surface area contributed by atoms with E-state index in [2.05, 4.69) is 22.3 Å². The third-order valence-corrected chi connectivity index (χ3v) is 5.94. The van der Waals surface area contributed by atoms with Gasteiger partial charge in [-0.2, -0.15) is 0 Å². The van der Waals surface area contributed by atoms with E-state index in [1.54, 1.807) is 7.11 Å². The van der Waals surface area contributed by atoms with Crippen LogP contribution in [0.2, 0.25) is 0 Å². The number of methoxy groups -OCH3 is 1. The Kier molecular flexibility index (Phi) is 4.69. The third-order valence-electron chi connectivity index (χ3n) is 5.94. The Labute approximate surface area is 149 Å². The van der Waals surface area contributed by atoms with E-state index in [1.165, 1.54) is 18.4 Å². The van der Waals surface area contributed by atoms with Gasteiger partial charge in [0.15, 0.2) is 0 Å². The van der Waals surface area contributed by atoms with Crippen molar-refractivity contribution in [2.45, 2.75) is 25.8 Å². The first-order valence-electron chi connectivity index (χ1n) is 9.37. The van der Waals surface area contributed by atoms with E-state index < -0.39 is 0 Å². The number of carbonyl (C=O) groups excluding carboxylic acids is 1. The van der Waals surface area contributed by atoms with Crippen LogP contribution in [0.25, 0.3) is 0 Å². The Bertz CT molecular complexity index is 631. The lowest BCUT2D eigenvalue weighted by atomic mass is 9.81. The van der Waals surface area contributed by atoms with Crippen molar-refractivity contribution in [1.82, 2.24) is 10.2 Å². The summed E-state index contributed by atoms with van der Waals surface area (Å²) < 4.78 is 11.1. The van der Waals surface area contributed by atoms with Crippen molar-refractivity contribution in [2.24, 2.45) is 17.3 Å². The molecule has 136 valence electrons. The predicted octanol–water partition coefficient (Wildman–Crippen LogP) is 2.06. The summed E-state index contributed by atoms with van der Waals surface area (Å²) in [6.07, 6.45) is 3.15. The fourth-order valence-electron chi connectivity index (χ4n) is 4.27. The highest BCUT2D eigenvalue weighted by Gasteiger charge is 2.50. The molecule has 0 unspecified atom stereocenters. The van der Waals surface area contributed by atoms with E-state index in [0.29, 0.717) is 18.3 Å². The number of hydrogen-bond acceptors (Lipinski definition) is 4. The molecule has 0 bridgehead atoms. The van der Waals surface area contributed by atoms with Crippen LogP contribution in [0.15, 0.2) is 24.3 Å². The Morgan fingerprint density at radius 1 is 1.44 bits per heavy atom. The number of nitrogens with zero attached hydrogens (tertiary/aromatic N) is 1. The maximum Gasteiger partial charge on any atom is 0.220 e. The molecule has 1 aliphatic carbocycles. The number of rotatable bonds is 7. The van der Waals surface area contributed by atoms with Gasteiger partial charge in [0.1, 0.15) is 5.75 Å². The van der Waals surface area contributed by atoms with Crippen LogP contribution in [0, 0.1) is 17.3 Å². The highest BCUT2D eigenvalue weighted by molar-refractivity contribution is 5.76. The second-order valence-electron chi connectivity index (χ2n) is 8.02. The average Bonchev–Trinajstić information content (AvgIpc) is 3.23. The summed E-state index contributed by atoms with van der Waals surface area (Å²) in [4.78, 5) is 14.6. The Morgan fingerprint density at radius 3 is 3.12 bits per heavy atom. The molecule has 0 aromatic heterocycles. The van der Waals surface area contributed by atoms with Crippen LogP contribution in [0.3, 0.4) is 0 Å². The summed E-state index contributed by atoms with van der Waals surface area (Å²) in [6.45, 7) is 5.26. The molecule has 5 heteroatoms. The first-order valence-corrected chi connectivity index (χ1v) is 9.37. The number of nitrogens with one attached hydrogen (secondary N) is 1. The largest absolute Gasteiger partial charge is 0.497 e. The van der Waals surface area contributed by atoms with Crippen LogP contribution in [0.4, 0.5) is 0 Å². The van der Waals surface area contributed by atoms with Gasteiger partial charge < -0.3 is 14.8 Å². The molecular formula is C20H28N2O3. The van der Waals surface area contributed by atoms with Crippen LogP contribution in [0.1, 0.15) is 24.8 Å². The third kappa shape index (κ3) is 3.82. The number of fused-ring (bicyclic) bond motifs is 1. The minimum atomic E-state index is 0.0814. The van der Waals surface area contributed by atoms with Crippen LogP contribution < -0.4 is 10.1 Å². The van der Waals surface area contributed by atoms with E-state index in [0.717, 1.165) is 45.1 Å². The van der Waals surface area contributed by atoms with Gasteiger partial charge in [-0.3, -0.25) is 9.69 Å².